The van der Waals surface area contributed by atoms with Crippen LogP contribution in [-0.2, 0) is 0 Å². The molecule has 88 valence electrons. The van der Waals surface area contributed by atoms with E-state index >= 15 is 0 Å². The van der Waals surface area contributed by atoms with Crippen LogP contribution >= 0.6 is 11.6 Å². The quantitative estimate of drug-likeness (QED) is 0.741. The van der Waals surface area contributed by atoms with Gasteiger partial charge in [-0.3, -0.25) is 0 Å². The molecule has 1 aliphatic rings. The van der Waals surface area contributed by atoms with Crippen molar-refractivity contribution in [1.29, 1.82) is 0 Å². The molecule has 0 aromatic heterocycles. The molecule has 1 aliphatic heterocycles. The molecule has 1 aromatic carbocycles. The Kier molecular flexibility index (Phi) is 3.44. The molecule has 0 bridgehead atoms. The van der Waals surface area contributed by atoms with E-state index in [9.17, 15) is 0 Å². The summed E-state index contributed by atoms with van der Waals surface area (Å²) in [5, 5.41) is 0.863. The van der Waals surface area contributed by atoms with Crippen LogP contribution < -0.4 is 4.90 Å². The second kappa shape index (κ2) is 4.67. The van der Waals surface area contributed by atoms with Gasteiger partial charge in [0.1, 0.15) is 0 Å². The fraction of sp³-hybridized carbons (Fsp3) is 0.571. The van der Waals surface area contributed by atoms with Gasteiger partial charge in [-0.2, -0.15) is 0 Å². The van der Waals surface area contributed by atoms with Crippen molar-refractivity contribution in [3.05, 3.63) is 28.8 Å². The first-order valence-electron chi connectivity index (χ1n) is 6.18. The van der Waals surface area contributed by atoms with Crippen molar-refractivity contribution in [3.63, 3.8) is 0 Å². The molecule has 1 unspecified atom stereocenters. The smallest absolute Gasteiger partial charge is 0.0410 e. The lowest BCUT2D eigenvalue weighted by Gasteiger charge is -2.37. The summed E-state index contributed by atoms with van der Waals surface area (Å²) in [7, 11) is 0. The summed E-state index contributed by atoms with van der Waals surface area (Å²) in [6, 6.07) is 6.34. The van der Waals surface area contributed by atoms with Crippen LogP contribution in [0.3, 0.4) is 0 Å². The van der Waals surface area contributed by atoms with Crippen LogP contribution in [-0.4, -0.2) is 13.1 Å². The largest absolute Gasteiger partial charge is 0.372 e. The molecule has 0 N–H and O–H groups in total. The third kappa shape index (κ3) is 2.06. The molecule has 0 radical (unpaired) electrons. The highest BCUT2D eigenvalue weighted by atomic mass is 35.5. The molecule has 0 saturated heterocycles. The van der Waals surface area contributed by atoms with Gasteiger partial charge in [0.25, 0.3) is 0 Å². The third-order valence-corrected chi connectivity index (χ3v) is 3.86. The number of hydrogen-bond acceptors (Lipinski definition) is 1. The molecule has 0 aliphatic carbocycles. The summed E-state index contributed by atoms with van der Waals surface area (Å²) in [5.74, 6) is 1.35. The monoisotopic (exact) mass is 237 g/mol. The molecule has 2 rings (SSSR count). The van der Waals surface area contributed by atoms with Gasteiger partial charge in [0.2, 0.25) is 0 Å². The summed E-state index contributed by atoms with van der Waals surface area (Å²) >= 11 is 6.12. The first-order chi connectivity index (χ1) is 7.63. The minimum Gasteiger partial charge on any atom is -0.372 e. The Balaban J connectivity index is 2.44. The second-order valence-electron chi connectivity index (χ2n) is 4.92. The predicted octanol–water partition coefficient (Wildman–Crippen LogP) is 4.31. The van der Waals surface area contributed by atoms with E-state index in [1.807, 2.05) is 6.07 Å². The van der Waals surface area contributed by atoms with E-state index < -0.39 is 0 Å². The molecule has 1 heterocycles. The normalized spacial score (nSPS) is 20.1. The molecule has 1 aromatic rings. The minimum atomic E-state index is 0.663. The van der Waals surface area contributed by atoms with Crippen molar-refractivity contribution in [3.8, 4) is 0 Å². The molecule has 16 heavy (non-hydrogen) atoms. The number of hydrogen-bond donors (Lipinski definition) is 0. The summed E-state index contributed by atoms with van der Waals surface area (Å²) < 4.78 is 0. The predicted molar refractivity (Wildman–Crippen MR) is 71.5 cm³/mol. The molecule has 0 saturated carbocycles. The summed E-state index contributed by atoms with van der Waals surface area (Å²) in [6.07, 6.45) is 1.25. The van der Waals surface area contributed by atoms with Crippen LogP contribution in [0.4, 0.5) is 5.69 Å². The van der Waals surface area contributed by atoms with Gasteiger partial charge in [0.05, 0.1) is 0 Å². The maximum absolute atomic E-state index is 6.12. The van der Waals surface area contributed by atoms with Crippen LogP contribution in [0.25, 0.3) is 0 Å². The molecular formula is C14H20ClN. The highest BCUT2D eigenvalue weighted by Gasteiger charge is 2.26. The van der Waals surface area contributed by atoms with Gasteiger partial charge >= 0.3 is 0 Å². The molecule has 2 heteroatoms. The van der Waals surface area contributed by atoms with E-state index in [1.54, 1.807) is 0 Å². The summed E-state index contributed by atoms with van der Waals surface area (Å²) in [5.41, 5.74) is 2.83. The van der Waals surface area contributed by atoms with E-state index in [2.05, 4.69) is 37.8 Å². The first kappa shape index (κ1) is 11.8. The fourth-order valence-electron chi connectivity index (χ4n) is 2.70. The van der Waals surface area contributed by atoms with Gasteiger partial charge in [0.15, 0.2) is 0 Å². The van der Waals surface area contributed by atoms with Crippen molar-refractivity contribution < 1.29 is 0 Å². The lowest BCUT2D eigenvalue weighted by Crippen LogP contribution is -2.32. The van der Waals surface area contributed by atoms with E-state index in [4.69, 9.17) is 11.6 Å². The zero-order chi connectivity index (χ0) is 11.7. The van der Waals surface area contributed by atoms with E-state index in [0.29, 0.717) is 11.8 Å². The number of nitrogens with zero attached hydrogens (tertiary/aromatic N) is 1. The number of benzene rings is 1. The van der Waals surface area contributed by atoms with Crippen LogP contribution in [0.1, 0.15) is 38.7 Å². The lowest BCUT2D eigenvalue weighted by atomic mass is 9.82. The molecule has 1 atom stereocenters. The van der Waals surface area contributed by atoms with Crippen molar-refractivity contribution in [2.75, 3.05) is 18.0 Å². The number of rotatable bonds is 2. The minimum absolute atomic E-state index is 0.663. The van der Waals surface area contributed by atoms with Gasteiger partial charge in [0, 0.05) is 23.8 Å². The van der Waals surface area contributed by atoms with E-state index in [0.717, 1.165) is 11.6 Å². The Labute approximate surface area is 103 Å². The maximum Gasteiger partial charge on any atom is 0.0410 e. The van der Waals surface area contributed by atoms with Gasteiger partial charge in [-0.05, 0) is 48.9 Å². The van der Waals surface area contributed by atoms with Crippen LogP contribution in [0.2, 0.25) is 5.02 Å². The molecular weight excluding hydrogens is 218 g/mol. The first-order valence-corrected chi connectivity index (χ1v) is 6.55. The standard InChI is InChI=1S/C14H20ClN/c1-4-16-8-7-12(10(2)3)13-9-11(15)5-6-14(13)16/h5-6,9-10,12H,4,7-8H2,1-3H3. The molecule has 1 nitrogen and oxygen atoms in total. The van der Waals surface area contributed by atoms with Crippen molar-refractivity contribution in [2.24, 2.45) is 5.92 Å². The highest BCUT2D eigenvalue weighted by Crippen LogP contribution is 2.40. The Bertz CT molecular complexity index is 373. The SMILES string of the molecule is CCN1CCC(C(C)C)c2cc(Cl)ccc21. The Morgan fingerprint density at radius 2 is 2.19 bits per heavy atom. The third-order valence-electron chi connectivity index (χ3n) is 3.63. The van der Waals surface area contributed by atoms with Gasteiger partial charge in [-0.25, -0.2) is 0 Å². The zero-order valence-corrected chi connectivity index (χ0v) is 11.1. The summed E-state index contributed by atoms with van der Waals surface area (Å²) in [4.78, 5) is 2.45. The van der Waals surface area contributed by atoms with Crippen molar-refractivity contribution in [2.45, 2.75) is 33.1 Å². The van der Waals surface area contributed by atoms with Crippen LogP contribution in [0.5, 0.6) is 0 Å². The zero-order valence-electron chi connectivity index (χ0n) is 10.3. The summed E-state index contributed by atoms with van der Waals surface area (Å²) in [6.45, 7) is 9.08. The van der Waals surface area contributed by atoms with Crippen LogP contribution in [0.15, 0.2) is 18.2 Å². The average Bonchev–Trinajstić information content (AvgIpc) is 2.26. The number of anilines is 1. The van der Waals surface area contributed by atoms with Gasteiger partial charge < -0.3 is 4.90 Å². The van der Waals surface area contributed by atoms with Crippen molar-refractivity contribution in [1.82, 2.24) is 0 Å². The van der Waals surface area contributed by atoms with Crippen LogP contribution in [0, 0.1) is 5.92 Å². The number of fused-ring (bicyclic) bond motifs is 1. The van der Waals surface area contributed by atoms with Gasteiger partial charge in [-0.15, -0.1) is 0 Å². The Morgan fingerprint density at radius 3 is 2.81 bits per heavy atom. The number of halogens is 1. The molecule has 0 spiro atoms. The second-order valence-corrected chi connectivity index (χ2v) is 5.36. The van der Waals surface area contributed by atoms with E-state index in [1.165, 1.54) is 24.2 Å². The molecule has 0 amide bonds. The van der Waals surface area contributed by atoms with Gasteiger partial charge in [-0.1, -0.05) is 25.4 Å². The highest BCUT2D eigenvalue weighted by molar-refractivity contribution is 6.30. The maximum atomic E-state index is 6.12. The fourth-order valence-corrected chi connectivity index (χ4v) is 2.88. The van der Waals surface area contributed by atoms with E-state index in [-0.39, 0.29) is 0 Å². The topological polar surface area (TPSA) is 3.24 Å². The lowest BCUT2D eigenvalue weighted by molar-refractivity contribution is 0.451. The Hall–Kier alpha value is -0.690. The van der Waals surface area contributed by atoms with Crippen molar-refractivity contribution >= 4 is 17.3 Å². The molecule has 0 fully saturated rings. The Morgan fingerprint density at radius 1 is 1.44 bits per heavy atom. The average molecular weight is 238 g/mol.